The number of hydrogen-bond acceptors (Lipinski definition) is 1. The van der Waals surface area contributed by atoms with E-state index in [1.165, 1.54) is 0 Å². The molecule has 10 heavy (non-hydrogen) atoms. The van der Waals surface area contributed by atoms with Crippen molar-refractivity contribution in [1.29, 1.82) is 0 Å². The third-order valence-electron chi connectivity index (χ3n) is 0.977. The van der Waals surface area contributed by atoms with E-state index < -0.39 is 8.03 Å². The maximum absolute atomic E-state index is 10.3. The molecule has 4 heteroatoms. The Morgan fingerprint density at radius 2 is 1.80 bits per heavy atom. The van der Waals surface area contributed by atoms with Gasteiger partial charge in [0.05, 0.1) is 0 Å². The zero-order valence-electron chi connectivity index (χ0n) is 6.69. The van der Waals surface area contributed by atoms with Crippen LogP contribution < -0.4 is 56.7 Å². The largest absolute Gasteiger partial charge is 1.00 e. The summed E-state index contributed by atoms with van der Waals surface area (Å²) in [6.07, 6.45) is 0. The van der Waals surface area contributed by atoms with Crippen molar-refractivity contribution < 1.29 is 62.3 Å². The summed E-state index contributed by atoms with van der Waals surface area (Å²) in [5.41, 5.74) is 0. The summed E-state index contributed by atoms with van der Waals surface area (Å²) in [6.45, 7) is 0. The second-order valence-electron chi connectivity index (χ2n) is 1.61. The summed E-state index contributed by atoms with van der Waals surface area (Å²) in [4.78, 5) is 8.53. The van der Waals surface area contributed by atoms with Gasteiger partial charge in [-0.05, 0) is 16.7 Å². The molecule has 1 aromatic rings. The van der Waals surface area contributed by atoms with E-state index in [9.17, 15) is 4.57 Å². The Morgan fingerprint density at radius 3 is 2.10 bits per heavy atom. The summed E-state index contributed by atoms with van der Waals surface area (Å²) >= 11 is 0. The SMILES string of the molecule is O=[P+](O)c1ccccc1.[H-].[K+]. The fourth-order valence-electron chi connectivity index (χ4n) is 0.556. The molecule has 0 radical (unpaired) electrons. The number of hydrogen-bond donors (Lipinski definition) is 1. The first kappa shape index (κ1) is 10.9. The van der Waals surface area contributed by atoms with Crippen LogP contribution in [0.3, 0.4) is 0 Å². The average Bonchev–Trinajstić information content (AvgIpc) is 1.90. The molecule has 0 bridgehead atoms. The zero-order chi connectivity index (χ0) is 6.69. The van der Waals surface area contributed by atoms with E-state index >= 15 is 0 Å². The zero-order valence-corrected chi connectivity index (χ0v) is 9.71. The molecule has 0 aliphatic carbocycles. The molecule has 0 heterocycles. The van der Waals surface area contributed by atoms with Crippen LogP contribution in [-0.4, -0.2) is 4.89 Å². The van der Waals surface area contributed by atoms with Crippen LogP contribution in [0.5, 0.6) is 0 Å². The number of benzene rings is 1. The molecular formula is C6H7KO2P+. The van der Waals surface area contributed by atoms with Crippen LogP contribution in [-0.2, 0) is 4.57 Å². The Morgan fingerprint density at radius 1 is 1.30 bits per heavy atom. The number of rotatable bonds is 1. The molecule has 0 aromatic heterocycles. The van der Waals surface area contributed by atoms with Gasteiger partial charge >= 0.3 is 59.4 Å². The van der Waals surface area contributed by atoms with Crippen LogP contribution in [0, 0.1) is 0 Å². The second kappa shape index (κ2) is 5.55. The molecule has 0 aliphatic rings. The Labute approximate surface area is 104 Å². The van der Waals surface area contributed by atoms with E-state index in [4.69, 9.17) is 4.89 Å². The first-order valence-electron chi connectivity index (χ1n) is 2.52. The summed E-state index contributed by atoms with van der Waals surface area (Å²) in [5, 5.41) is 0.479. The molecule has 0 amide bonds. The van der Waals surface area contributed by atoms with E-state index in [1.807, 2.05) is 6.07 Å². The van der Waals surface area contributed by atoms with Crippen molar-refractivity contribution in [2.45, 2.75) is 0 Å². The van der Waals surface area contributed by atoms with E-state index in [2.05, 4.69) is 0 Å². The van der Waals surface area contributed by atoms with Gasteiger partial charge < -0.3 is 1.43 Å². The van der Waals surface area contributed by atoms with Gasteiger partial charge in [0.25, 0.3) is 0 Å². The van der Waals surface area contributed by atoms with Crippen LogP contribution in [0.1, 0.15) is 1.43 Å². The summed E-state index contributed by atoms with van der Waals surface area (Å²) in [5.74, 6) is 0. The molecule has 0 spiro atoms. The van der Waals surface area contributed by atoms with Gasteiger partial charge in [-0.2, -0.15) is 4.89 Å². The molecule has 0 aliphatic heterocycles. The molecule has 0 fully saturated rings. The van der Waals surface area contributed by atoms with E-state index in [1.54, 1.807) is 24.3 Å². The second-order valence-corrected chi connectivity index (χ2v) is 2.67. The van der Waals surface area contributed by atoms with Crippen LogP contribution in [0.4, 0.5) is 0 Å². The van der Waals surface area contributed by atoms with E-state index in [-0.39, 0.29) is 52.8 Å². The minimum absolute atomic E-state index is 0. The standard InChI is InChI=1S/C6H5O2P.K.H/c7-9(8)6-4-2-1-3-5-6;;/h1-5H;;/q;+1;-1/p+1. The van der Waals surface area contributed by atoms with Crippen LogP contribution in [0.15, 0.2) is 30.3 Å². The monoisotopic (exact) mass is 181 g/mol. The summed E-state index contributed by atoms with van der Waals surface area (Å²) in [7, 11) is -2.15. The Kier molecular flexibility index (Phi) is 6.06. The Bertz CT molecular complexity index is 217. The predicted octanol–water partition coefficient (Wildman–Crippen LogP) is -1.84. The van der Waals surface area contributed by atoms with E-state index in [0.29, 0.717) is 5.30 Å². The summed E-state index contributed by atoms with van der Waals surface area (Å²) < 4.78 is 10.3. The molecule has 0 saturated carbocycles. The van der Waals surface area contributed by atoms with Crippen LogP contribution in [0.25, 0.3) is 0 Å². The molecule has 1 atom stereocenters. The van der Waals surface area contributed by atoms with Gasteiger partial charge in [-0.3, -0.25) is 0 Å². The van der Waals surface area contributed by atoms with Gasteiger partial charge in [0.2, 0.25) is 5.30 Å². The van der Waals surface area contributed by atoms with Gasteiger partial charge in [-0.1, -0.05) is 18.2 Å². The van der Waals surface area contributed by atoms with Crippen molar-refractivity contribution in [3.63, 3.8) is 0 Å². The molecule has 0 saturated heterocycles. The molecule has 48 valence electrons. The predicted molar refractivity (Wildman–Crippen MR) is 37.0 cm³/mol. The van der Waals surface area contributed by atoms with Gasteiger partial charge in [0.1, 0.15) is 0 Å². The first-order chi connectivity index (χ1) is 4.30. The molecule has 2 nitrogen and oxygen atoms in total. The fourth-order valence-corrected chi connectivity index (χ4v) is 0.983. The maximum atomic E-state index is 10.3. The fraction of sp³-hybridized carbons (Fsp3) is 0. The van der Waals surface area contributed by atoms with Crippen molar-refractivity contribution in [1.82, 2.24) is 0 Å². The van der Waals surface area contributed by atoms with Gasteiger partial charge in [0.15, 0.2) is 0 Å². The van der Waals surface area contributed by atoms with Crippen molar-refractivity contribution in [3.8, 4) is 0 Å². The smallest absolute Gasteiger partial charge is 1.00 e. The van der Waals surface area contributed by atoms with Crippen LogP contribution in [0.2, 0.25) is 0 Å². The van der Waals surface area contributed by atoms with Crippen molar-refractivity contribution >= 4 is 13.3 Å². The normalized spacial score (nSPS) is 9.90. The Hall–Kier alpha value is 0.916. The third-order valence-corrected chi connectivity index (χ3v) is 1.72. The van der Waals surface area contributed by atoms with Crippen molar-refractivity contribution in [2.75, 3.05) is 0 Å². The molecule has 1 N–H and O–H groups in total. The van der Waals surface area contributed by atoms with Gasteiger partial charge in [0, 0.05) is 0 Å². The van der Waals surface area contributed by atoms with Crippen molar-refractivity contribution in [2.24, 2.45) is 0 Å². The van der Waals surface area contributed by atoms with Crippen molar-refractivity contribution in [3.05, 3.63) is 30.3 Å². The summed E-state index contributed by atoms with van der Waals surface area (Å²) in [6, 6.07) is 8.53. The molecule has 1 unspecified atom stereocenters. The minimum Gasteiger partial charge on any atom is -1.00 e. The van der Waals surface area contributed by atoms with E-state index in [0.717, 1.165) is 0 Å². The third kappa shape index (κ3) is 3.35. The maximum Gasteiger partial charge on any atom is 1.00 e. The molecule has 1 rings (SSSR count). The topological polar surface area (TPSA) is 37.3 Å². The Balaban J connectivity index is 0. The quantitative estimate of drug-likeness (QED) is 0.408. The average molecular weight is 181 g/mol. The van der Waals surface area contributed by atoms with Crippen LogP contribution >= 0.6 is 8.03 Å². The first-order valence-corrected chi connectivity index (χ1v) is 3.73. The molecular weight excluding hydrogens is 174 g/mol. The van der Waals surface area contributed by atoms with Gasteiger partial charge in [-0.15, -0.1) is 0 Å². The molecule has 1 aromatic carbocycles. The minimum atomic E-state index is -2.15. The van der Waals surface area contributed by atoms with Gasteiger partial charge in [-0.25, -0.2) is 0 Å².